The Kier molecular flexibility index (Phi) is 5.43. The normalized spacial score (nSPS) is 10.8. The summed E-state index contributed by atoms with van der Waals surface area (Å²) in [6.07, 6.45) is 3.32. The van der Waals surface area contributed by atoms with Crippen molar-refractivity contribution in [2.45, 2.75) is 6.54 Å². The minimum atomic E-state index is -0.443. The van der Waals surface area contributed by atoms with Crippen LogP contribution in [0.15, 0.2) is 97.3 Å². The summed E-state index contributed by atoms with van der Waals surface area (Å²) in [4.78, 5) is 28.8. The summed E-state index contributed by atoms with van der Waals surface area (Å²) in [6, 6.07) is 26.9. The average molecular weight is 435 g/mol. The molecule has 0 atom stereocenters. The first kappa shape index (κ1) is 20.3. The van der Waals surface area contributed by atoms with E-state index in [0.717, 1.165) is 22.0 Å². The molecule has 3 aromatic carbocycles. The summed E-state index contributed by atoms with van der Waals surface area (Å²) >= 11 is 0. The Morgan fingerprint density at radius 2 is 1.42 bits per heavy atom. The monoisotopic (exact) mass is 435 g/mol. The zero-order chi connectivity index (χ0) is 22.6. The first-order valence-corrected chi connectivity index (χ1v) is 10.5. The van der Waals surface area contributed by atoms with E-state index in [4.69, 9.17) is 0 Å². The van der Waals surface area contributed by atoms with E-state index >= 15 is 0 Å². The molecule has 0 bridgehead atoms. The van der Waals surface area contributed by atoms with Crippen molar-refractivity contribution in [3.8, 4) is 11.3 Å². The van der Waals surface area contributed by atoms with Gasteiger partial charge in [-0.15, -0.1) is 0 Å². The van der Waals surface area contributed by atoms with E-state index in [1.54, 1.807) is 17.1 Å². The van der Waals surface area contributed by atoms with Gasteiger partial charge >= 0.3 is 0 Å². The van der Waals surface area contributed by atoms with Crippen LogP contribution in [0.1, 0.15) is 26.3 Å². The number of fused-ring (bicyclic) bond motifs is 1. The van der Waals surface area contributed by atoms with Gasteiger partial charge in [0, 0.05) is 28.9 Å². The van der Waals surface area contributed by atoms with Crippen molar-refractivity contribution in [1.82, 2.24) is 25.6 Å². The lowest BCUT2D eigenvalue weighted by Gasteiger charge is -2.07. The number of carbonyl (C=O) groups is 2. The molecule has 0 spiro atoms. The van der Waals surface area contributed by atoms with Gasteiger partial charge in [-0.3, -0.25) is 25.1 Å². The van der Waals surface area contributed by atoms with E-state index in [1.165, 1.54) is 0 Å². The van der Waals surface area contributed by atoms with Crippen molar-refractivity contribution in [3.63, 3.8) is 0 Å². The van der Waals surface area contributed by atoms with Crippen LogP contribution in [-0.2, 0) is 6.54 Å². The van der Waals surface area contributed by atoms with Crippen LogP contribution in [0.5, 0.6) is 0 Å². The Hall–Kier alpha value is -4.65. The fraction of sp³-hybridized carbons (Fsp3) is 0.0385. The Morgan fingerprint density at radius 3 is 2.18 bits per heavy atom. The number of hydrogen-bond acceptors (Lipinski definition) is 3. The van der Waals surface area contributed by atoms with Gasteiger partial charge < -0.3 is 4.98 Å². The third-order valence-corrected chi connectivity index (χ3v) is 5.36. The molecule has 0 saturated heterocycles. The van der Waals surface area contributed by atoms with Crippen molar-refractivity contribution in [2.75, 3.05) is 0 Å². The molecule has 5 rings (SSSR count). The predicted octanol–water partition coefficient (Wildman–Crippen LogP) is 4.15. The summed E-state index contributed by atoms with van der Waals surface area (Å²) in [5, 5.41) is 5.44. The van der Waals surface area contributed by atoms with E-state index in [-0.39, 0.29) is 0 Å². The molecule has 2 aromatic heterocycles. The van der Waals surface area contributed by atoms with Crippen molar-refractivity contribution in [2.24, 2.45) is 0 Å². The second-order valence-electron chi connectivity index (χ2n) is 7.60. The molecule has 2 amide bonds. The number of aromatic nitrogens is 3. The first-order valence-electron chi connectivity index (χ1n) is 10.5. The highest BCUT2D eigenvalue weighted by Gasteiger charge is 2.19. The van der Waals surface area contributed by atoms with E-state index < -0.39 is 11.8 Å². The molecular formula is C26H21N5O2. The van der Waals surface area contributed by atoms with Gasteiger partial charge in [0.2, 0.25) is 0 Å². The molecule has 33 heavy (non-hydrogen) atoms. The number of nitrogens with one attached hydrogen (secondary N) is 3. The largest absolute Gasteiger partial charge is 0.360 e. The van der Waals surface area contributed by atoms with E-state index in [9.17, 15) is 9.59 Å². The lowest BCUT2D eigenvalue weighted by Crippen LogP contribution is -2.41. The lowest BCUT2D eigenvalue weighted by atomic mass is 10.1. The standard InChI is InChI=1S/C26H21N5O2/c32-25(21-15-27-23-14-8-7-13-20(21)23)28-29-26(33)22-17-31(16-18-9-3-1-4-10-18)30-24(22)19-11-5-2-6-12-19/h1-15,17,27H,16H2,(H,28,32)(H,29,33). The second-order valence-corrected chi connectivity index (χ2v) is 7.60. The van der Waals surface area contributed by atoms with Crippen molar-refractivity contribution in [3.05, 3.63) is 114 Å². The maximum absolute atomic E-state index is 13.1. The van der Waals surface area contributed by atoms with E-state index in [1.807, 2.05) is 84.9 Å². The molecule has 0 unspecified atom stereocenters. The summed E-state index contributed by atoms with van der Waals surface area (Å²) in [5.74, 6) is -0.847. The molecule has 0 saturated carbocycles. The smallest absolute Gasteiger partial charge is 0.273 e. The van der Waals surface area contributed by atoms with Crippen LogP contribution in [0.25, 0.3) is 22.2 Å². The summed E-state index contributed by atoms with van der Waals surface area (Å²) in [5.41, 5.74) is 9.16. The van der Waals surface area contributed by atoms with Gasteiger partial charge in [-0.05, 0) is 11.6 Å². The van der Waals surface area contributed by atoms with Gasteiger partial charge in [0.1, 0.15) is 5.69 Å². The van der Waals surface area contributed by atoms with Crippen LogP contribution in [-0.4, -0.2) is 26.6 Å². The first-order chi connectivity index (χ1) is 16.2. The third-order valence-electron chi connectivity index (χ3n) is 5.36. The van der Waals surface area contributed by atoms with E-state index in [0.29, 0.717) is 23.4 Å². The zero-order valence-electron chi connectivity index (χ0n) is 17.7. The molecule has 0 fully saturated rings. The predicted molar refractivity (Wildman–Crippen MR) is 126 cm³/mol. The lowest BCUT2D eigenvalue weighted by molar-refractivity contribution is 0.0848. The fourth-order valence-corrected chi connectivity index (χ4v) is 3.76. The zero-order valence-corrected chi connectivity index (χ0v) is 17.7. The number of H-pyrrole nitrogens is 1. The number of amides is 2. The molecule has 7 heteroatoms. The molecule has 0 aliphatic heterocycles. The van der Waals surface area contributed by atoms with Crippen molar-refractivity contribution < 1.29 is 9.59 Å². The number of rotatable bonds is 5. The SMILES string of the molecule is O=C(NNC(=O)c1c[nH]c2ccccc12)c1cn(Cc2ccccc2)nc1-c1ccccc1. The maximum atomic E-state index is 13.1. The van der Waals surface area contributed by atoms with Gasteiger partial charge in [-0.1, -0.05) is 78.9 Å². The van der Waals surface area contributed by atoms with Crippen LogP contribution in [0, 0.1) is 0 Å². The highest BCUT2D eigenvalue weighted by Crippen LogP contribution is 2.22. The highest BCUT2D eigenvalue weighted by molar-refractivity contribution is 6.08. The van der Waals surface area contributed by atoms with Gasteiger partial charge in [0.25, 0.3) is 11.8 Å². The molecule has 5 aromatic rings. The maximum Gasteiger partial charge on any atom is 0.273 e. The number of aromatic amines is 1. The number of hydrazine groups is 1. The average Bonchev–Trinajstić information content (AvgIpc) is 3.48. The van der Waals surface area contributed by atoms with Crippen molar-refractivity contribution in [1.29, 1.82) is 0 Å². The Balaban J connectivity index is 1.38. The number of nitrogens with zero attached hydrogens (tertiary/aromatic N) is 2. The van der Waals surface area contributed by atoms with Gasteiger partial charge in [-0.2, -0.15) is 5.10 Å². The van der Waals surface area contributed by atoms with Crippen LogP contribution >= 0.6 is 0 Å². The number of carbonyl (C=O) groups excluding carboxylic acids is 2. The molecule has 0 radical (unpaired) electrons. The Bertz CT molecular complexity index is 1420. The summed E-state index contributed by atoms with van der Waals surface area (Å²) in [6.45, 7) is 0.523. The highest BCUT2D eigenvalue weighted by atomic mass is 16.2. The number of para-hydroxylation sites is 1. The van der Waals surface area contributed by atoms with Crippen LogP contribution < -0.4 is 10.9 Å². The number of hydrogen-bond donors (Lipinski definition) is 3. The molecule has 2 heterocycles. The van der Waals surface area contributed by atoms with Crippen LogP contribution in [0.4, 0.5) is 0 Å². The van der Waals surface area contributed by atoms with Gasteiger partial charge in [0.15, 0.2) is 0 Å². The molecular weight excluding hydrogens is 414 g/mol. The minimum Gasteiger partial charge on any atom is -0.360 e. The fourth-order valence-electron chi connectivity index (χ4n) is 3.76. The summed E-state index contributed by atoms with van der Waals surface area (Å²) < 4.78 is 1.73. The second kappa shape index (κ2) is 8.84. The molecule has 0 aliphatic carbocycles. The van der Waals surface area contributed by atoms with Gasteiger partial charge in [0.05, 0.1) is 17.7 Å². The molecule has 7 nitrogen and oxygen atoms in total. The molecule has 0 aliphatic rings. The van der Waals surface area contributed by atoms with Crippen LogP contribution in [0.3, 0.4) is 0 Å². The quantitative estimate of drug-likeness (QED) is 0.362. The van der Waals surface area contributed by atoms with E-state index in [2.05, 4.69) is 20.9 Å². The Morgan fingerprint density at radius 1 is 0.788 bits per heavy atom. The summed E-state index contributed by atoms with van der Waals surface area (Å²) in [7, 11) is 0. The van der Waals surface area contributed by atoms with Crippen LogP contribution in [0.2, 0.25) is 0 Å². The van der Waals surface area contributed by atoms with Crippen molar-refractivity contribution >= 4 is 22.7 Å². The minimum absolute atomic E-state index is 0.372. The van der Waals surface area contributed by atoms with Gasteiger partial charge in [-0.25, -0.2) is 0 Å². The Labute approximate surface area is 190 Å². The molecule has 3 N–H and O–H groups in total. The molecule has 162 valence electrons. The topological polar surface area (TPSA) is 91.8 Å². The number of benzene rings is 3. The third kappa shape index (κ3) is 4.24.